The van der Waals surface area contributed by atoms with E-state index in [0.29, 0.717) is 5.02 Å². The Balaban J connectivity index is 2.05. The number of anilines is 1. The second-order valence-corrected chi connectivity index (χ2v) is 5.18. The molecule has 21 heavy (non-hydrogen) atoms. The van der Waals surface area contributed by atoms with E-state index in [1.807, 2.05) is 32.0 Å². The highest BCUT2D eigenvalue weighted by Gasteiger charge is 2.08. The third kappa shape index (κ3) is 4.33. The Morgan fingerprint density at radius 1 is 1.10 bits per heavy atom. The topological polar surface area (TPSA) is 21.3 Å². The molecule has 112 valence electrons. The van der Waals surface area contributed by atoms with Crippen LogP contribution >= 0.6 is 11.6 Å². The van der Waals surface area contributed by atoms with Crippen LogP contribution in [0.1, 0.15) is 24.1 Å². The van der Waals surface area contributed by atoms with Crippen molar-refractivity contribution in [3.8, 4) is 5.75 Å². The normalized spacial score (nSPS) is 12.3. The van der Waals surface area contributed by atoms with Crippen molar-refractivity contribution in [2.24, 2.45) is 0 Å². The highest BCUT2D eigenvalue weighted by molar-refractivity contribution is 6.31. The van der Waals surface area contributed by atoms with E-state index < -0.39 is 6.61 Å². The number of rotatable bonds is 5. The van der Waals surface area contributed by atoms with E-state index in [1.165, 1.54) is 12.1 Å². The summed E-state index contributed by atoms with van der Waals surface area (Å²) in [6, 6.07) is 12.3. The number of nitrogens with one attached hydrogen (secondary N) is 1. The number of halogens is 3. The Morgan fingerprint density at radius 3 is 2.33 bits per heavy atom. The van der Waals surface area contributed by atoms with Gasteiger partial charge in [0.15, 0.2) is 0 Å². The maximum absolute atomic E-state index is 12.1. The first-order valence-electron chi connectivity index (χ1n) is 6.53. The van der Waals surface area contributed by atoms with E-state index in [-0.39, 0.29) is 11.8 Å². The molecule has 0 saturated carbocycles. The molecular formula is C16H16ClF2NO. The van der Waals surface area contributed by atoms with E-state index in [2.05, 4.69) is 10.1 Å². The van der Waals surface area contributed by atoms with Crippen LogP contribution in [0, 0.1) is 6.92 Å². The first-order chi connectivity index (χ1) is 9.95. The Bertz CT molecular complexity index is 602. The largest absolute Gasteiger partial charge is 0.435 e. The van der Waals surface area contributed by atoms with Gasteiger partial charge < -0.3 is 10.1 Å². The van der Waals surface area contributed by atoms with Crippen LogP contribution in [0.2, 0.25) is 5.02 Å². The first-order valence-corrected chi connectivity index (χ1v) is 6.91. The zero-order valence-electron chi connectivity index (χ0n) is 11.7. The SMILES string of the molecule is Cc1ccc(NC(C)c2ccc(OC(F)F)cc2)cc1Cl. The van der Waals surface area contributed by atoms with Crippen molar-refractivity contribution >= 4 is 17.3 Å². The molecule has 0 aromatic heterocycles. The average Bonchev–Trinajstić information content (AvgIpc) is 2.43. The fourth-order valence-electron chi connectivity index (χ4n) is 1.95. The van der Waals surface area contributed by atoms with E-state index in [1.54, 1.807) is 12.1 Å². The summed E-state index contributed by atoms with van der Waals surface area (Å²) in [5.74, 6) is 0.152. The third-order valence-corrected chi connectivity index (χ3v) is 3.57. The Hall–Kier alpha value is -1.81. The van der Waals surface area contributed by atoms with Gasteiger partial charge in [0.25, 0.3) is 0 Å². The molecule has 2 aromatic rings. The molecule has 0 heterocycles. The van der Waals surface area contributed by atoms with E-state index in [0.717, 1.165) is 16.8 Å². The minimum absolute atomic E-state index is 0.0179. The molecule has 0 fully saturated rings. The zero-order chi connectivity index (χ0) is 15.4. The summed E-state index contributed by atoms with van der Waals surface area (Å²) in [6.45, 7) is 1.12. The van der Waals surface area contributed by atoms with Crippen LogP contribution in [-0.2, 0) is 0 Å². The fourth-order valence-corrected chi connectivity index (χ4v) is 2.13. The quantitative estimate of drug-likeness (QED) is 0.795. The van der Waals surface area contributed by atoms with Crippen molar-refractivity contribution in [2.45, 2.75) is 26.5 Å². The van der Waals surface area contributed by atoms with Crippen LogP contribution in [-0.4, -0.2) is 6.61 Å². The summed E-state index contributed by atoms with van der Waals surface area (Å²) in [6.07, 6.45) is 0. The molecule has 0 aliphatic carbocycles. The maximum atomic E-state index is 12.1. The first kappa shape index (κ1) is 15.6. The van der Waals surface area contributed by atoms with Gasteiger partial charge in [0, 0.05) is 16.8 Å². The summed E-state index contributed by atoms with van der Waals surface area (Å²) < 4.78 is 28.5. The predicted octanol–water partition coefficient (Wildman–Crippen LogP) is 5.42. The van der Waals surface area contributed by atoms with Crippen molar-refractivity contribution in [1.82, 2.24) is 0 Å². The van der Waals surface area contributed by atoms with Crippen molar-refractivity contribution in [2.75, 3.05) is 5.32 Å². The molecule has 0 aliphatic rings. The molecular weight excluding hydrogens is 296 g/mol. The van der Waals surface area contributed by atoms with Crippen molar-refractivity contribution in [3.05, 3.63) is 58.6 Å². The third-order valence-electron chi connectivity index (χ3n) is 3.16. The van der Waals surface area contributed by atoms with E-state index >= 15 is 0 Å². The Morgan fingerprint density at radius 2 is 1.76 bits per heavy atom. The molecule has 0 radical (unpaired) electrons. The second-order valence-electron chi connectivity index (χ2n) is 4.78. The Kier molecular flexibility index (Phi) is 5.02. The molecule has 1 N–H and O–H groups in total. The standard InChI is InChI=1S/C16H16ClF2NO/c1-10-3-6-13(9-15(10)17)20-11(2)12-4-7-14(8-5-12)21-16(18)19/h3-9,11,16,20H,1-2H3. The molecule has 1 unspecified atom stereocenters. The lowest BCUT2D eigenvalue weighted by Gasteiger charge is -2.17. The summed E-state index contributed by atoms with van der Waals surface area (Å²) in [7, 11) is 0. The summed E-state index contributed by atoms with van der Waals surface area (Å²) in [5.41, 5.74) is 2.89. The number of benzene rings is 2. The molecule has 2 nitrogen and oxygen atoms in total. The van der Waals surface area contributed by atoms with Gasteiger partial charge in [-0.25, -0.2) is 0 Å². The molecule has 0 bridgehead atoms. The zero-order valence-corrected chi connectivity index (χ0v) is 12.5. The maximum Gasteiger partial charge on any atom is 0.387 e. The fraction of sp³-hybridized carbons (Fsp3) is 0.250. The van der Waals surface area contributed by atoms with Gasteiger partial charge in [-0.05, 0) is 49.2 Å². The van der Waals surface area contributed by atoms with Crippen LogP contribution in [0.4, 0.5) is 14.5 Å². The van der Waals surface area contributed by atoms with Gasteiger partial charge in [0.2, 0.25) is 0 Å². The van der Waals surface area contributed by atoms with Crippen LogP contribution in [0.15, 0.2) is 42.5 Å². The highest BCUT2D eigenvalue weighted by Crippen LogP contribution is 2.25. The highest BCUT2D eigenvalue weighted by atomic mass is 35.5. The van der Waals surface area contributed by atoms with Crippen LogP contribution < -0.4 is 10.1 Å². The van der Waals surface area contributed by atoms with Crippen molar-refractivity contribution in [3.63, 3.8) is 0 Å². The lowest BCUT2D eigenvalue weighted by molar-refractivity contribution is -0.0498. The van der Waals surface area contributed by atoms with Gasteiger partial charge in [0.05, 0.1) is 0 Å². The average molecular weight is 312 g/mol. The van der Waals surface area contributed by atoms with E-state index in [4.69, 9.17) is 11.6 Å². The van der Waals surface area contributed by atoms with Crippen LogP contribution in [0.5, 0.6) is 5.75 Å². The Labute approximate surface area is 127 Å². The monoisotopic (exact) mass is 311 g/mol. The van der Waals surface area contributed by atoms with Gasteiger partial charge in [-0.2, -0.15) is 8.78 Å². The number of hydrogen-bond donors (Lipinski definition) is 1. The molecule has 0 amide bonds. The molecule has 5 heteroatoms. The minimum Gasteiger partial charge on any atom is -0.435 e. The molecule has 0 spiro atoms. The number of ether oxygens (including phenoxy) is 1. The molecule has 0 aliphatic heterocycles. The van der Waals surface area contributed by atoms with Crippen molar-refractivity contribution < 1.29 is 13.5 Å². The lowest BCUT2D eigenvalue weighted by Crippen LogP contribution is -2.07. The van der Waals surface area contributed by atoms with Gasteiger partial charge >= 0.3 is 6.61 Å². The van der Waals surface area contributed by atoms with Gasteiger partial charge in [0.1, 0.15) is 5.75 Å². The van der Waals surface area contributed by atoms with Gasteiger partial charge in [-0.1, -0.05) is 29.8 Å². The second kappa shape index (κ2) is 6.76. The molecule has 2 aromatic carbocycles. The molecule has 1 atom stereocenters. The summed E-state index contributed by atoms with van der Waals surface area (Å²) >= 11 is 6.08. The smallest absolute Gasteiger partial charge is 0.387 e. The van der Waals surface area contributed by atoms with Crippen LogP contribution in [0.25, 0.3) is 0 Å². The number of hydrogen-bond acceptors (Lipinski definition) is 2. The van der Waals surface area contributed by atoms with Crippen LogP contribution in [0.3, 0.4) is 0 Å². The van der Waals surface area contributed by atoms with Gasteiger partial charge in [-0.3, -0.25) is 0 Å². The summed E-state index contributed by atoms with van der Waals surface area (Å²) in [4.78, 5) is 0. The molecule has 2 rings (SSSR count). The molecule has 0 saturated heterocycles. The predicted molar refractivity (Wildman–Crippen MR) is 81.3 cm³/mol. The van der Waals surface area contributed by atoms with Crippen molar-refractivity contribution in [1.29, 1.82) is 0 Å². The van der Waals surface area contributed by atoms with E-state index in [9.17, 15) is 8.78 Å². The number of alkyl halides is 2. The van der Waals surface area contributed by atoms with Gasteiger partial charge in [-0.15, -0.1) is 0 Å². The minimum atomic E-state index is -2.80. The summed E-state index contributed by atoms with van der Waals surface area (Å²) in [5, 5.41) is 4.01. The lowest BCUT2D eigenvalue weighted by atomic mass is 10.1. The number of aryl methyl sites for hydroxylation is 1.